The fourth-order valence-corrected chi connectivity index (χ4v) is 4.63. The first kappa shape index (κ1) is 15.7. The summed E-state index contributed by atoms with van der Waals surface area (Å²) in [5.74, 6) is -1.61. The minimum atomic E-state index is -3.67. The zero-order valence-corrected chi connectivity index (χ0v) is 12.2. The molecule has 2 aliphatic rings. The van der Waals surface area contributed by atoms with Crippen LogP contribution in [0.25, 0.3) is 0 Å². The maximum Gasteiger partial charge on any atom is 0.307 e. The van der Waals surface area contributed by atoms with Crippen molar-refractivity contribution >= 4 is 16.2 Å². The molecule has 3 unspecified atom stereocenters. The molecule has 116 valence electrons. The minimum Gasteiger partial charge on any atom is -0.481 e. The van der Waals surface area contributed by atoms with Crippen molar-refractivity contribution in [1.29, 1.82) is 0 Å². The molecule has 0 amide bonds. The third-order valence-electron chi connectivity index (χ3n) is 4.27. The van der Waals surface area contributed by atoms with Crippen LogP contribution in [0.2, 0.25) is 0 Å². The molecule has 1 saturated heterocycles. The summed E-state index contributed by atoms with van der Waals surface area (Å²) in [5.41, 5.74) is 0. The summed E-state index contributed by atoms with van der Waals surface area (Å²) in [6.07, 6.45) is 3.52. The molecule has 1 heterocycles. The molecule has 3 N–H and O–H groups in total. The summed E-state index contributed by atoms with van der Waals surface area (Å²) in [4.78, 5) is 11.0. The van der Waals surface area contributed by atoms with E-state index in [0.29, 0.717) is 19.4 Å². The van der Waals surface area contributed by atoms with E-state index in [1.54, 1.807) is 0 Å². The van der Waals surface area contributed by atoms with Gasteiger partial charge in [0.1, 0.15) is 0 Å². The molecule has 0 spiro atoms. The SMILES string of the molecule is O=C(O)C1CCCN(S(=O)(=O)NC2CCCC2CO)C1. The van der Waals surface area contributed by atoms with E-state index in [1.165, 1.54) is 4.31 Å². The lowest BCUT2D eigenvalue weighted by atomic mass is 10.0. The summed E-state index contributed by atoms with van der Waals surface area (Å²) >= 11 is 0. The van der Waals surface area contributed by atoms with Crippen LogP contribution in [0.3, 0.4) is 0 Å². The topological polar surface area (TPSA) is 107 Å². The number of carboxylic acid groups (broad SMARTS) is 1. The van der Waals surface area contributed by atoms with E-state index >= 15 is 0 Å². The van der Waals surface area contributed by atoms with E-state index in [1.807, 2.05) is 0 Å². The number of nitrogens with zero attached hydrogens (tertiary/aromatic N) is 1. The van der Waals surface area contributed by atoms with Gasteiger partial charge in [-0.2, -0.15) is 17.4 Å². The largest absolute Gasteiger partial charge is 0.481 e. The molecule has 2 fully saturated rings. The Kier molecular flexibility index (Phi) is 5.00. The van der Waals surface area contributed by atoms with Gasteiger partial charge in [-0.25, -0.2) is 0 Å². The minimum absolute atomic E-state index is 0.0229. The number of piperidine rings is 1. The Labute approximate surface area is 119 Å². The Balaban J connectivity index is 2.00. The molecular weight excluding hydrogens is 284 g/mol. The van der Waals surface area contributed by atoms with Crippen molar-refractivity contribution in [2.75, 3.05) is 19.7 Å². The fourth-order valence-electron chi connectivity index (χ4n) is 3.04. The third kappa shape index (κ3) is 3.49. The van der Waals surface area contributed by atoms with Crippen LogP contribution in [-0.4, -0.2) is 54.6 Å². The Hall–Kier alpha value is -0.700. The summed E-state index contributed by atoms with van der Waals surface area (Å²) < 4.78 is 28.5. The number of hydrogen-bond acceptors (Lipinski definition) is 4. The van der Waals surface area contributed by atoms with Crippen LogP contribution in [0, 0.1) is 11.8 Å². The van der Waals surface area contributed by atoms with E-state index in [4.69, 9.17) is 5.11 Å². The van der Waals surface area contributed by atoms with Crippen molar-refractivity contribution in [3.63, 3.8) is 0 Å². The van der Waals surface area contributed by atoms with Crippen LogP contribution in [-0.2, 0) is 15.0 Å². The first-order valence-electron chi connectivity index (χ1n) is 7.05. The number of rotatable bonds is 5. The predicted molar refractivity (Wildman–Crippen MR) is 72.2 cm³/mol. The van der Waals surface area contributed by atoms with Gasteiger partial charge in [0.25, 0.3) is 10.2 Å². The highest BCUT2D eigenvalue weighted by Crippen LogP contribution is 2.27. The lowest BCUT2D eigenvalue weighted by Crippen LogP contribution is -2.51. The molecule has 1 aliphatic heterocycles. The summed E-state index contributed by atoms with van der Waals surface area (Å²) in [6.45, 7) is 0.363. The first-order chi connectivity index (χ1) is 9.44. The number of nitrogens with one attached hydrogen (secondary N) is 1. The molecule has 3 atom stereocenters. The molecule has 20 heavy (non-hydrogen) atoms. The molecule has 0 bridgehead atoms. The highest BCUT2D eigenvalue weighted by molar-refractivity contribution is 7.87. The van der Waals surface area contributed by atoms with Crippen molar-refractivity contribution in [2.24, 2.45) is 11.8 Å². The standard InChI is InChI=1S/C12H22N2O5S/c15-8-10-3-1-5-11(10)13-20(18,19)14-6-2-4-9(7-14)12(16)17/h9-11,13,15H,1-8H2,(H,16,17). The monoisotopic (exact) mass is 306 g/mol. The average molecular weight is 306 g/mol. The Morgan fingerprint density at radius 3 is 2.65 bits per heavy atom. The zero-order valence-electron chi connectivity index (χ0n) is 11.4. The van der Waals surface area contributed by atoms with Gasteiger partial charge in [-0.1, -0.05) is 6.42 Å². The van der Waals surface area contributed by atoms with Crippen LogP contribution >= 0.6 is 0 Å². The zero-order chi connectivity index (χ0) is 14.8. The molecule has 0 aromatic rings. The van der Waals surface area contributed by atoms with E-state index < -0.39 is 22.1 Å². The van der Waals surface area contributed by atoms with Gasteiger partial charge in [-0.3, -0.25) is 4.79 Å². The Morgan fingerprint density at radius 2 is 2.00 bits per heavy atom. The lowest BCUT2D eigenvalue weighted by Gasteiger charge is -2.31. The number of aliphatic hydroxyl groups excluding tert-OH is 1. The van der Waals surface area contributed by atoms with Gasteiger partial charge in [0.05, 0.1) is 5.92 Å². The van der Waals surface area contributed by atoms with Crippen LogP contribution in [0.15, 0.2) is 0 Å². The molecule has 1 saturated carbocycles. The number of aliphatic hydroxyl groups is 1. The summed E-state index contributed by atoms with van der Waals surface area (Å²) in [7, 11) is -3.67. The number of carbonyl (C=O) groups is 1. The maximum absolute atomic E-state index is 12.3. The quantitative estimate of drug-likeness (QED) is 0.651. The van der Waals surface area contributed by atoms with Gasteiger partial charge < -0.3 is 10.2 Å². The molecule has 1 aliphatic carbocycles. The van der Waals surface area contributed by atoms with Crippen molar-refractivity contribution in [3.8, 4) is 0 Å². The van der Waals surface area contributed by atoms with Crippen LogP contribution in [0.4, 0.5) is 0 Å². The van der Waals surface area contributed by atoms with Crippen LogP contribution in [0.1, 0.15) is 32.1 Å². The highest BCUT2D eigenvalue weighted by Gasteiger charge is 2.36. The Bertz CT molecular complexity index is 453. The number of carboxylic acids is 1. The number of aliphatic carboxylic acids is 1. The number of hydrogen-bond donors (Lipinski definition) is 3. The highest BCUT2D eigenvalue weighted by atomic mass is 32.2. The van der Waals surface area contributed by atoms with Crippen LogP contribution in [0.5, 0.6) is 0 Å². The van der Waals surface area contributed by atoms with Crippen molar-refractivity contribution in [2.45, 2.75) is 38.1 Å². The Morgan fingerprint density at radius 1 is 1.25 bits per heavy atom. The maximum atomic E-state index is 12.3. The smallest absolute Gasteiger partial charge is 0.307 e. The average Bonchev–Trinajstić information content (AvgIpc) is 2.85. The van der Waals surface area contributed by atoms with Gasteiger partial charge in [0.2, 0.25) is 0 Å². The normalized spacial score (nSPS) is 32.4. The van der Waals surface area contributed by atoms with Gasteiger partial charge >= 0.3 is 5.97 Å². The summed E-state index contributed by atoms with van der Waals surface area (Å²) in [5, 5.41) is 18.2. The van der Waals surface area contributed by atoms with E-state index in [2.05, 4.69) is 4.72 Å². The van der Waals surface area contributed by atoms with Gasteiger partial charge in [-0.05, 0) is 31.6 Å². The van der Waals surface area contributed by atoms with Gasteiger partial charge in [0.15, 0.2) is 0 Å². The molecule has 2 rings (SSSR count). The van der Waals surface area contributed by atoms with Crippen molar-refractivity contribution in [3.05, 3.63) is 0 Å². The molecular formula is C12H22N2O5S. The molecule has 0 radical (unpaired) electrons. The van der Waals surface area contributed by atoms with Crippen molar-refractivity contribution < 1.29 is 23.4 Å². The van der Waals surface area contributed by atoms with E-state index in [-0.39, 0.29) is 25.1 Å². The first-order valence-corrected chi connectivity index (χ1v) is 8.49. The van der Waals surface area contributed by atoms with Crippen LogP contribution < -0.4 is 4.72 Å². The second-order valence-corrected chi connectivity index (χ2v) is 7.34. The molecule has 0 aromatic carbocycles. The van der Waals surface area contributed by atoms with E-state index in [0.717, 1.165) is 19.3 Å². The summed E-state index contributed by atoms with van der Waals surface area (Å²) in [6, 6.07) is -0.241. The molecule has 7 nitrogen and oxygen atoms in total. The molecule has 8 heteroatoms. The second-order valence-electron chi connectivity index (χ2n) is 5.64. The fraction of sp³-hybridized carbons (Fsp3) is 0.917. The van der Waals surface area contributed by atoms with E-state index in [9.17, 15) is 18.3 Å². The third-order valence-corrected chi connectivity index (χ3v) is 5.88. The predicted octanol–water partition coefficient (Wildman–Crippen LogP) is -0.222. The van der Waals surface area contributed by atoms with Crippen molar-refractivity contribution in [1.82, 2.24) is 9.03 Å². The lowest BCUT2D eigenvalue weighted by molar-refractivity contribution is -0.142. The molecule has 0 aromatic heterocycles. The second kappa shape index (κ2) is 6.38. The van der Waals surface area contributed by atoms with Gasteiger partial charge in [-0.15, -0.1) is 0 Å². The van der Waals surface area contributed by atoms with Gasteiger partial charge in [0, 0.05) is 25.7 Å².